The summed E-state index contributed by atoms with van der Waals surface area (Å²) < 4.78 is 0. The summed E-state index contributed by atoms with van der Waals surface area (Å²) in [7, 11) is 3.92. The fourth-order valence-corrected chi connectivity index (χ4v) is 3.64. The van der Waals surface area contributed by atoms with Gasteiger partial charge in [0.1, 0.15) is 0 Å². The Labute approximate surface area is 156 Å². The van der Waals surface area contributed by atoms with E-state index in [2.05, 4.69) is 43.8 Å². The monoisotopic (exact) mass is 354 g/mol. The van der Waals surface area contributed by atoms with Crippen molar-refractivity contribution in [2.45, 2.75) is 38.9 Å². The second kappa shape index (κ2) is 9.05. The molecule has 3 rings (SSSR count). The fraction of sp³-hybridized carbons (Fsp3) is 0.550. The van der Waals surface area contributed by atoms with Gasteiger partial charge in [-0.3, -0.25) is 14.8 Å². The highest BCUT2D eigenvalue weighted by Crippen LogP contribution is 2.19. The third-order valence-corrected chi connectivity index (χ3v) is 4.98. The number of aromatic nitrogens is 3. The third-order valence-electron chi connectivity index (χ3n) is 4.98. The minimum atomic E-state index is 0.630. The summed E-state index contributed by atoms with van der Waals surface area (Å²) in [6.45, 7) is 7.36. The van der Waals surface area contributed by atoms with Crippen molar-refractivity contribution < 1.29 is 0 Å². The van der Waals surface area contributed by atoms with Crippen molar-refractivity contribution in [3.8, 4) is 0 Å². The van der Waals surface area contributed by atoms with Crippen LogP contribution >= 0.6 is 0 Å². The predicted molar refractivity (Wildman–Crippen MR) is 105 cm³/mol. The lowest BCUT2D eigenvalue weighted by atomic mass is 10.2. The number of anilines is 1. The van der Waals surface area contributed by atoms with E-state index in [1.165, 1.54) is 19.4 Å². The van der Waals surface area contributed by atoms with Crippen LogP contribution in [0.1, 0.15) is 31.0 Å². The van der Waals surface area contributed by atoms with Gasteiger partial charge in [-0.25, -0.2) is 9.97 Å². The van der Waals surface area contributed by atoms with E-state index in [4.69, 9.17) is 0 Å². The topological polar surface area (TPSA) is 48.4 Å². The minimum absolute atomic E-state index is 0.630. The number of pyridine rings is 1. The Morgan fingerprint density at radius 3 is 2.58 bits per heavy atom. The number of hydrogen-bond donors (Lipinski definition) is 0. The van der Waals surface area contributed by atoms with E-state index in [1.807, 2.05) is 43.7 Å². The lowest BCUT2D eigenvalue weighted by Crippen LogP contribution is -2.40. The van der Waals surface area contributed by atoms with Crippen LogP contribution in [-0.4, -0.2) is 64.5 Å². The average Bonchev–Trinajstić information content (AvgIpc) is 3.10. The standard InChI is InChI=1S/C20H30N6/c1-4-26-11-7-9-19(26)16-25(15-18-8-5-6-10-21-18)14-17-12-22-20(23-13-17)24(2)3/h5-6,8,10,12-13,19H,4,7,9,11,14-16H2,1-3H3/t19-/m1/s1. The molecule has 140 valence electrons. The lowest BCUT2D eigenvalue weighted by molar-refractivity contribution is 0.164. The number of hydrogen-bond acceptors (Lipinski definition) is 6. The van der Waals surface area contributed by atoms with Gasteiger partial charge in [-0.05, 0) is 38.1 Å². The molecule has 2 aromatic rings. The van der Waals surface area contributed by atoms with Crippen LogP contribution in [-0.2, 0) is 13.1 Å². The summed E-state index contributed by atoms with van der Waals surface area (Å²) in [5.41, 5.74) is 2.26. The van der Waals surface area contributed by atoms with E-state index in [1.54, 1.807) is 0 Å². The highest BCUT2D eigenvalue weighted by Gasteiger charge is 2.25. The first-order valence-corrected chi connectivity index (χ1v) is 9.50. The van der Waals surface area contributed by atoms with Gasteiger partial charge in [-0.1, -0.05) is 13.0 Å². The fourth-order valence-electron chi connectivity index (χ4n) is 3.64. The molecule has 0 aliphatic carbocycles. The second-order valence-corrected chi connectivity index (χ2v) is 7.20. The minimum Gasteiger partial charge on any atom is -0.347 e. The smallest absolute Gasteiger partial charge is 0.224 e. The van der Waals surface area contributed by atoms with Crippen molar-refractivity contribution in [3.05, 3.63) is 48.0 Å². The molecule has 0 unspecified atom stereocenters. The highest BCUT2D eigenvalue weighted by atomic mass is 15.2. The zero-order chi connectivity index (χ0) is 18.4. The van der Waals surface area contributed by atoms with Crippen molar-refractivity contribution in [3.63, 3.8) is 0 Å². The molecule has 1 saturated heterocycles. The normalized spacial score (nSPS) is 17.8. The van der Waals surface area contributed by atoms with Crippen molar-refractivity contribution in [1.82, 2.24) is 24.8 Å². The molecule has 3 heterocycles. The largest absolute Gasteiger partial charge is 0.347 e. The molecule has 6 nitrogen and oxygen atoms in total. The third kappa shape index (κ3) is 4.99. The van der Waals surface area contributed by atoms with Crippen molar-refractivity contribution in [1.29, 1.82) is 0 Å². The molecule has 1 fully saturated rings. The summed E-state index contributed by atoms with van der Waals surface area (Å²) in [6, 6.07) is 6.76. The van der Waals surface area contributed by atoms with Crippen LogP contribution in [0.25, 0.3) is 0 Å². The summed E-state index contributed by atoms with van der Waals surface area (Å²) >= 11 is 0. The molecule has 0 radical (unpaired) electrons. The number of likely N-dealkylation sites (tertiary alicyclic amines) is 1. The van der Waals surface area contributed by atoms with E-state index in [0.29, 0.717) is 6.04 Å². The Hall–Kier alpha value is -2.05. The molecule has 26 heavy (non-hydrogen) atoms. The Bertz CT molecular complexity index is 658. The maximum absolute atomic E-state index is 4.52. The van der Waals surface area contributed by atoms with Crippen LogP contribution in [0.15, 0.2) is 36.8 Å². The van der Waals surface area contributed by atoms with Gasteiger partial charge in [0.15, 0.2) is 0 Å². The Morgan fingerprint density at radius 2 is 1.92 bits per heavy atom. The molecule has 0 amide bonds. The summed E-state index contributed by atoms with van der Waals surface area (Å²) in [6.07, 6.45) is 8.34. The molecule has 0 saturated carbocycles. The van der Waals surface area contributed by atoms with Crippen LogP contribution in [0.3, 0.4) is 0 Å². The van der Waals surface area contributed by atoms with Crippen molar-refractivity contribution >= 4 is 5.95 Å². The van der Waals surface area contributed by atoms with Crippen LogP contribution in [0.2, 0.25) is 0 Å². The number of likely N-dealkylation sites (N-methyl/N-ethyl adjacent to an activating group) is 1. The summed E-state index contributed by atoms with van der Waals surface area (Å²) in [4.78, 5) is 20.4. The number of rotatable bonds is 8. The highest BCUT2D eigenvalue weighted by molar-refractivity contribution is 5.26. The summed E-state index contributed by atoms with van der Waals surface area (Å²) in [5, 5.41) is 0. The van der Waals surface area contributed by atoms with Gasteiger partial charge in [-0.15, -0.1) is 0 Å². The predicted octanol–water partition coefficient (Wildman–Crippen LogP) is 2.42. The SMILES string of the molecule is CCN1CCC[C@@H]1CN(Cc1cnc(N(C)C)nc1)Cc1ccccn1. The van der Waals surface area contributed by atoms with Crippen LogP contribution in [0.5, 0.6) is 0 Å². The lowest BCUT2D eigenvalue weighted by Gasteiger charge is -2.30. The first kappa shape index (κ1) is 18.7. The van der Waals surface area contributed by atoms with E-state index < -0.39 is 0 Å². The molecule has 0 N–H and O–H groups in total. The molecule has 1 aliphatic heterocycles. The van der Waals surface area contributed by atoms with Gasteiger partial charge in [0, 0.05) is 63.9 Å². The van der Waals surface area contributed by atoms with Crippen molar-refractivity contribution in [2.75, 3.05) is 38.6 Å². The molecule has 1 atom stereocenters. The molecule has 6 heteroatoms. The average molecular weight is 355 g/mol. The first-order valence-electron chi connectivity index (χ1n) is 9.50. The van der Waals surface area contributed by atoms with Gasteiger partial charge >= 0.3 is 0 Å². The van der Waals surface area contributed by atoms with E-state index in [9.17, 15) is 0 Å². The molecule has 1 aliphatic rings. The van der Waals surface area contributed by atoms with Gasteiger partial charge in [0.2, 0.25) is 5.95 Å². The Balaban J connectivity index is 1.71. The zero-order valence-corrected chi connectivity index (χ0v) is 16.2. The van der Waals surface area contributed by atoms with Crippen LogP contribution in [0.4, 0.5) is 5.95 Å². The van der Waals surface area contributed by atoms with E-state index in [-0.39, 0.29) is 0 Å². The molecule has 2 aromatic heterocycles. The van der Waals surface area contributed by atoms with Crippen LogP contribution < -0.4 is 4.90 Å². The maximum Gasteiger partial charge on any atom is 0.224 e. The maximum atomic E-state index is 4.52. The molecule has 0 bridgehead atoms. The van der Waals surface area contributed by atoms with E-state index in [0.717, 1.165) is 43.4 Å². The molecule has 0 spiro atoms. The summed E-state index contributed by atoms with van der Waals surface area (Å²) in [5.74, 6) is 0.748. The first-order chi connectivity index (χ1) is 12.7. The van der Waals surface area contributed by atoms with Crippen molar-refractivity contribution in [2.24, 2.45) is 0 Å². The van der Waals surface area contributed by atoms with Gasteiger partial charge in [0.05, 0.1) is 5.69 Å². The Morgan fingerprint density at radius 1 is 1.12 bits per heavy atom. The number of nitrogens with zero attached hydrogens (tertiary/aromatic N) is 6. The van der Waals surface area contributed by atoms with E-state index >= 15 is 0 Å². The molecular formula is C20H30N6. The molecular weight excluding hydrogens is 324 g/mol. The van der Waals surface area contributed by atoms with Gasteiger partial charge in [-0.2, -0.15) is 0 Å². The zero-order valence-electron chi connectivity index (χ0n) is 16.2. The van der Waals surface area contributed by atoms with Gasteiger partial charge < -0.3 is 4.90 Å². The quantitative estimate of drug-likeness (QED) is 0.726. The van der Waals surface area contributed by atoms with Gasteiger partial charge in [0.25, 0.3) is 0 Å². The molecule has 0 aromatic carbocycles. The van der Waals surface area contributed by atoms with Crippen LogP contribution in [0, 0.1) is 0 Å². The second-order valence-electron chi connectivity index (χ2n) is 7.20. The Kier molecular flexibility index (Phi) is 6.52.